The maximum absolute atomic E-state index is 14.3. The summed E-state index contributed by atoms with van der Waals surface area (Å²) in [5.41, 5.74) is 4.15. The van der Waals surface area contributed by atoms with Crippen LogP contribution in [-0.2, 0) is 33.3 Å². The van der Waals surface area contributed by atoms with Gasteiger partial charge in [0.15, 0.2) is 6.29 Å². The molecule has 1 aromatic heterocycles. The Bertz CT molecular complexity index is 1670. The normalized spacial score (nSPS) is 21.4. The quantitative estimate of drug-likeness (QED) is 0.229. The van der Waals surface area contributed by atoms with Crippen LogP contribution in [0.1, 0.15) is 75.4 Å². The Hall–Kier alpha value is -3.33. The number of aldehydes is 1. The van der Waals surface area contributed by atoms with Crippen LogP contribution in [0.5, 0.6) is 0 Å². The van der Waals surface area contributed by atoms with Crippen LogP contribution >= 0.6 is 23.2 Å². The largest absolute Gasteiger partial charge is 0.400 e. The number of aromatic nitrogens is 2. The van der Waals surface area contributed by atoms with E-state index in [9.17, 15) is 22.8 Å². The second-order valence-corrected chi connectivity index (χ2v) is 13.4. The number of carbonyl (C=O) groups excluding carboxylic acids is 3. The molecule has 4 atom stereocenters. The van der Waals surface area contributed by atoms with E-state index in [-0.39, 0.29) is 17.5 Å². The van der Waals surface area contributed by atoms with Crippen LogP contribution in [0.3, 0.4) is 0 Å². The average Bonchev–Trinajstić information content (AvgIpc) is 3.37. The molecule has 5 rings (SSSR count). The Morgan fingerprint density at radius 3 is 2.51 bits per heavy atom. The van der Waals surface area contributed by atoms with Crippen LogP contribution in [0.25, 0.3) is 0 Å². The maximum atomic E-state index is 14.3. The summed E-state index contributed by atoms with van der Waals surface area (Å²) in [5, 5.41) is 7.64. The summed E-state index contributed by atoms with van der Waals surface area (Å²) in [6.07, 6.45) is 5.75. The van der Waals surface area contributed by atoms with Crippen LogP contribution in [-0.4, -0.2) is 71.5 Å². The van der Waals surface area contributed by atoms with Gasteiger partial charge in [-0.3, -0.25) is 19.2 Å². The van der Waals surface area contributed by atoms with Gasteiger partial charge in [0.2, 0.25) is 10.0 Å². The van der Waals surface area contributed by atoms with Crippen LogP contribution < -0.4 is 10.2 Å². The molecule has 0 unspecified atom stereocenters. The van der Waals surface area contributed by atoms with Gasteiger partial charge in [0, 0.05) is 41.8 Å². The van der Waals surface area contributed by atoms with Crippen molar-refractivity contribution in [3.63, 3.8) is 0 Å². The number of rotatable bonds is 9. The summed E-state index contributed by atoms with van der Waals surface area (Å²) in [6, 6.07) is 9.65. The third kappa shape index (κ3) is 7.56. The molecular formula is C30H35Cl2N5O7S. The van der Waals surface area contributed by atoms with Crippen LogP contribution in [0.15, 0.2) is 48.7 Å². The van der Waals surface area contributed by atoms with Gasteiger partial charge in [-0.2, -0.15) is 0 Å². The standard InChI is InChI=1S/C29H31Cl2N5O6S.CH4O/c1-35-18(15-37)14-32-25(35)16-42-33-28(38)26-19-7-3-4-8-20(19)29(39)36(27(26)21-12-11-17(30)13-22(21)31)24-10-6-5-9-23(24)34-43(2,40)41;1-2/h3-4,7-8,11-15,23-24,26-27,34H,5-6,9-10,16H2,1-2H3,(H,33,38);2H,1H3/t23-,24-,26+,27-;/m0./s1. The minimum atomic E-state index is -3.60. The topological polar surface area (TPSA) is 160 Å². The fourth-order valence-electron chi connectivity index (χ4n) is 6.07. The Morgan fingerprint density at radius 1 is 1.13 bits per heavy atom. The molecule has 3 aromatic rings. The molecule has 2 aromatic carbocycles. The number of nitrogens with zero attached hydrogens (tertiary/aromatic N) is 3. The third-order valence-electron chi connectivity index (χ3n) is 8.01. The number of hydroxylamine groups is 1. The number of carbonyl (C=O) groups is 3. The molecule has 3 N–H and O–H groups in total. The molecule has 1 aliphatic carbocycles. The van der Waals surface area contributed by atoms with Gasteiger partial charge in [-0.15, -0.1) is 0 Å². The lowest BCUT2D eigenvalue weighted by Crippen LogP contribution is -2.59. The highest BCUT2D eigenvalue weighted by Crippen LogP contribution is 2.47. The Morgan fingerprint density at radius 2 is 1.84 bits per heavy atom. The number of aliphatic hydroxyl groups is 1. The van der Waals surface area contributed by atoms with E-state index in [1.165, 1.54) is 6.20 Å². The summed E-state index contributed by atoms with van der Waals surface area (Å²) in [5.74, 6) is -1.45. The van der Waals surface area contributed by atoms with Gasteiger partial charge in [0.1, 0.15) is 18.1 Å². The van der Waals surface area contributed by atoms with Gasteiger partial charge in [0.05, 0.1) is 24.4 Å². The molecule has 1 aliphatic heterocycles. The van der Waals surface area contributed by atoms with Crippen molar-refractivity contribution in [1.29, 1.82) is 0 Å². The van der Waals surface area contributed by atoms with Gasteiger partial charge >= 0.3 is 0 Å². The second kappa shape index (κ2) is 14.8. The first-order chi connectivity index (χ1) is 21.5. The number of sulfonamides is 1. The molecule has 0 radical (unpaired) electrons. The molecule has 2 aliphatic rings. The predicted molar refractivity (Wildman–Crippen MR) is 168 cm³/mol. The maximum Gasteiger partial charge on any atom is 0.255 e. The SMILES string of the molecule is CO.Cn1c(C=O)cnc1CONC(=O)[C@@H]1c2ccccc2C(=O)N([C@H]2CCCC[C@@H]2NS(C)(=O)=O)[C@H]1c1ccc(Cl)cc1Cl. The number of imidazole rings is 1. The molecular weight excluding hydrogens is 645 g/mol. The van der Waals surface area contributed by atoms with Crippen molar-refractivity contribution in [1.82, 2.24) is 24.7 Å². The molecule has 0 spiro atoms. The number of nitrogens with one attached hydrogen (secondary N) is 2. The lowest BCUT2D eigenvalue weighted by Gasteiger charge is -2.49. The van der Waals surface area contributed by atoms with Crippen molar-refractivity contribution >= 4 is 51.3 Å². The highest BCUT2D eigenvalue weighted by Gasteiger charge is 2.49. The number of hydrogen-bond donors (Lipinski definition) is 3. The molecule has 1 fully saturated rings. The van der Waals surface area contributed by atoms with E-state index in [1.807, 2.05) is 0 Å². The van der Waals surface area contributed by atoms with E-state index in [0.29, 0.717) is 52.4 Å². The van der Waals surface area contributed by atoms with Gasteiger partial charge in [0.25, 0.3) is 11.8 Å². The first kappa shape index (κ1) is 34.5. The second-order valence-electron chi connectivity index (χ2n) is 10.8. The molecule has 2 amide bonds. The third-order valence-corrected chi connectivity index (χ3v) is 9.30. The van der Waals surface area contributed by atoms with Gasteiger partial charge in [-0.05, 0) is 42.2 Å². The molecule has 2 heterocycles. The van der Waals surface area contributed by atoms with E-state index in [2.05, 4.69) is 15.2 Å². The number of halogens is 2. The minimum absolute atomic E-state index is 0.123. The number of amides is 2. The molecule has 0 bridgehead atoms. The van der Waals surface area contributed by atoms with Gasteiger partial charge in [-0.25, -0.2) is 23.6 Å². The molecule has 45 heavy (non-hydrogen) atoms. The van der Waals surface area contributed by atoms with E-state index >= 15 is 0 Å². The van der Waals surface area contributed by atoms with Crippen molar-refractivity contribution in [3.8, 4) is 0 Å². The Kier molecular flexibility index (Phi) is 11.4. The molecule has 15 heteroatoms. The molecule has 0 saturated heterocycles. The summed E-state index contributed by atoms with van der Waals surface area (Å²) in [7, 11) is -0.947. The number of benzene rings is 2. The highest BCUT2D eigenvalue weighted by atomic mass is 35.5. The number of fused-ring (bicyclic) bond motifs is 1. The number of hydrogen-bond acceptors (Lipinski definition) is 8. The summed E-state index contributed by atoms with van der Waals surface area (Å²) in [6.45, 7) is -0.123. The predicted octanol–water partition coefficient (Wildman–Crippen LogP) is 3.54. The van der Waals surface area contributed by atoms with Crippen LogP contribution in [0.2, 0.25) is 10.0 Å². The fourth-order valence-corrected chi connectivity index (χ4v) is 7.41. The van der Waals surface area contributed by atoms with Crippen molar-refractivity contribution in [2.24, 2.45) is 7.05 Å². The number of aliphatic hydroxyl groups excluding tert-OH is 1. The first-order valence-corrected chi connectivity index (χ1v) is 16.8. The van der Waals surface area contributed by atoms with E-state index in [1.54, 1.807) is 59.0 Å². The zero-order valence-corrected chi connectivity index (χ0v) is 27.3. The average molecular weight is 681 g/mol. The Balaban J connectivity index is 0.00000226. The van der Waals surface area contributed by atoms with E-state index < -0.39 is 40.0 Å². The van der Waals surface area contributed by atoms with Crippen molar-refractivity contribution in [2.75, 3.05) is 13.4 Å². The van der Waals surface area contributed by atoms with E-state index in [0.717, 1.165) is 26.2 Å². The van der Waals surface area contributed by atoms with Gasteiger partial charge < -0.3 is 14.6 Å². The highest BCUT2D eigenvalue weighted by molar-refractivity contribution is 7.88. The van der Waals surface area contributed by atoms with E-state index in [4.69, 9.17) is 33.1 Å². The lowest BCUT2D eigenvalue weighted by atomic mass is 9.76. The lowest BCUT2D eigenvalue weighted by molar-refractivity contribution is -0.138. The van der Waals surface area contributed by atoms with Crippen LogP contribution in [0, 0.1) is 0 Å². The zero-order valence-electron chi connectivity index (χ0n) is 24.9. The molecule has 1 saturated carbocycles. The molecule has 242 valence electrons. The smallest absolute Gasteiger partial charge is 0.255 e. The molecule has 12 nitrogen and oxygen atoms in total. The zero-order chi connectivity index (χ0) is 32.9. The van der Waals surface area contributed by atoms with Crippen molar-refractivity contribution < 1.29 is 32.7 Å². The van der Waals surface area contributed by atoms with Gasteiger partial charge in [-0.1, -0.05) is 60.3 Å². The minimum Gasteiger partial charge on any atom is -0.400 e. The fraction of sp³-hybridized carbons (Fsp3) is 0.400. The summed E-state index contributed by atoms with van der Waals surface area (Å²) < 4.78 is 29.0. The van der Waals surface area contributed by atoms with Crippen molar-refractivity contribution in [2.45, 2.75) is 56.3 Å². The monoisotopic (exact) mass is 679 g/mol. The van der Waals surface area contributed by atoms with Crippen LogP contribution in [0.4, 0.5) is 0 Å². The summed E-state index contributed by atoms with van der Waals surface area (Å²) in [4.78, 5) is 50.9. The first-order valence-electron chi connectivity index (χ1n) is 14.2. The Labute approximate surface area is 271 Å². The van der Waals surface area contributed by atoms with Crippen molar-refractivity contribution in [3.05, 3.63) is 86.9 Å². The summed E-state index contributed by atoms with van der Waals surface area (Å²) >= 11 is 13.0.